The molecule has 1 aromatic carbocycles. The number of aryl methyl sites for hydroxylation is 2. The molecule has 2 heterocycles. The second kappa shape index (κ2) is 4.97. The molecular formula is C14H11N3O2. The molecule has 0 fully saturated rings. The first kappa shape index (κ1) is 11.5. The first-order valence-electron chi connectivity index (χ1n) is 5.96. The fourth-order valence-electron chi connectivity index (χ4n) is 1.92. The van der Waals surface area contributed by atoms with Gasteiger partial charge in [0.15, 0.2) is 5.43 Å². The van der Waals surface area contributed by atoms with Crippen LogP contribution < -0.4 is 5.43 Å². The van der Waals surface area contributed by atoms with E-state index in [-0.39, 0.29) is 5.43 Å². The van der Waals surface area contributed by atoms with Gasteiger partial charge >= 0.3 is 0 Å². The molecule has 0 aliphatic rings. The van der Waals surface area contributed by atoms with Gasteiger partial charge in [0.25, 0.3) is 0 Å². The lowest BCUT2D eigenvalue weighted by atomic mass is 10.1. The van der Waals surface area contributed by atoms with E-state index in [2.05, 4.69) is 15.2 Å². The second-order valence-electron chi connectivity index (χ2n) is 4.17. The Balaban J connectivity index is 1.88. The number of fused-ring (bicyclic) bond motifs is 1. The van der Waals surface area contributed by atoms with Crippen molar-refractivity contribution >= 4 is 11.0 Å². The number of rotatable bonds is 3. The number of para-hydroxylation sites is 1. The molecule has 0 amide bonds. The van der Waals surface area contributed by atoms with Crippen molar-refractivity contribution < 1.29 is 4.42 Å². The molecule has 3 aromatic rings. The summed E-state index contributed by atoms with van der Waals surface area (Å²) in [7, 11) is 0. The van der Waals surface area contributed by atoms with Crippen LogP contribution in [0, 0.1) is 0 Å². The van der Waals surface area contributed by atoms with Gasteiger partial charge in [0, 0.05) is 18.9 Å². The topological polar surface area (TPSA) is 68.9 Å². The number of hydrogen-bond donors (Lipinski definition) is 0. The van der Waals surface area contributed by atoms with Crippen LogP contribution in [0.4, 0.5) is 0 Å². The molecule has 0 saturated carbocycles. The highest BCUT2D eigenvalue weighted by Gasteiger charge is 2.05. The van der Waals surface area contributed by atoms with Crippen LogP contribution in [0.15, 0.2) is 52.1 Å². The van der Waals surface area contributed by atoms with E-state index in [1.165, 1.54) is 12.4 Å². The molecule has 5 nitrogen and oxygen atoms in total. The molecule has 5 heteroatoms. The minimum absolute atomic E-state index is 0.0193. The molecule has 0 atom stereocenters. The van der Waals surface area contributed by atoms with E-state index < -0.39 is 0 Å². The summed E-state index contributed by atoms with van der Waals surface area (Å²) < 4.78 is 5.70. The van der Waals surface area contributed by atoms with Gasteiger partial charge in [-0.15, -0.1) is 5.10 Å². The van der Waals surface area contributed by atoms with Crippen molar-refractivity contribution in [3.63, 3.8) is 0 Å². The molecule has 0 saturated heterocycles. The minimum atomic E-state index is -0.0193. The van der Waals surface area contributed by atoms with E-state index in [9.17, 15) is 4.79 Å². The zero-order valence-electron chi connectivity index (χ0n) is 10.1. The molecule has 0 spiro atoms. The van der Waals surface area contributed by atoms with Crippen molar-refractivity contribution in [3.8, 4) is 0 Å². The predicted molar refractivity (Wildman–Crippen MR) is 69.7 cm³/mol. The van der Waals surface area contributed by atoms with Gasteiger partial charge in [0.2, 0.25) is 0 Å². The normalized spacial score (nSPS) is 10.7. The Morgan fingerprint density at radius 3 is 2.89 bits per heavy atom. The maximum atomic E-state index is 11.9. The summed E-state index contributed by atoms with van der Waals surface area (Å²) in [5.41, 5.74) is 1.37. The molecule has 3 rings (SSSR count). The Kier molecular flexibility index (Phi) is 3.02. The van der Waals surface area contributed by atoms with Crippen LogP contribution in [-0.2, 0) is 12.8 Å². The lowest BCUT2D eigenvalue weighted by Crippen LogP contribution is -2.04. The standard InChI is InChI=1S/C14H11N3O2/c18-13-7-11(6-5-10-8-15-9-16-17-10)19-14-4-2-1-3-12(13)14/h1-4,7-9H,5-6H2. The van der Waals surface area contributed by atoms with Crippen LogP contribution in [0.3, 0.4) is 0 Å². The molecule has 19 heavy (non-hydrogen) atoms. The quantitative estimate of drug-likeness (QED) is 0.711. The summed E-state index contributed by atoms with van der Waals surface area (Å²) in [5.74, 6) is 0.648. The van der Waals surface area contributed by atoms with Crippen LogP contribution >= 0.6 is 0 Å². The maximum absolute atomic E-state index is 11.9. The highest BCUT2D eigenvalue weighted by Crippen LogP contribution is 2.12. The van der Waals surface area contributed by atoms with Gasteiger partial charge < -0.3 is 4.42 Å². The van der Waals surface area contributed by atoms with Crippen LogP contribution in [0.25, 0.3) is 11.0 Å². The van der Waals surface area contributed by atoms with Crippen molar-refractivity contribution in [2.45, 2.75) is 12.8 Å². The van der Waals surface area contributed by atoms with E-state index in [0.29, 0.717) is 29.6 Å². The molecule has 0 N–H and O–H groups in total. The van der Waals surface area contributed by atoms with Crippen LogP contribution in [0.5, 0.6) is 0 Å². The van der Waals surface area contributed by atoms with Crippen LogP contribution in [0.1, 0.15) is 11.5 Å². The summed E-state index contributed by atoms with van der Waals surface area (Å²) in [4.78, 5) is 15.8. The van der Waals surface area contributed by atoms with E-state index in [1.54, 1.807) is 18.3 Å². The van der Waals surface area contributed by atoms with Gasteiger partial charge in [-0.2, -0.15) is 5.10 Å². The van der Waals surface area contributed by atoms with Crippen molar-refractivity contribution in [2.24, 2.45) is 0 Å². The average molecular weight is 253 g/mol. The Morgan fingerprint density at radius 1 is 1.16 bits per heavy atom. The third kappa shape index (κ3) is 2.49. The Hall–Kier alpha value is -2.56. The Bertz CT molecular complexity index is 753. The fraction of sp³-hybridized carbons (Fsp3) is 0.143. The molecular weight excluding hydrogens is 242 g/mol. The SMILES string of the molecule is O=c1cc(CCc2cncnn2)oc2ccccc12. The second-order valence-corrected chi connectivity index (χ2v) is 4.17. The summed E-state index contributed by atoms with van der Waals surface area (Å²) in [6, 6.07) is 8.76. The molecule has 0 aliphatic heterocycles. The van der Waals surface area contributed by atoms with Gasteiger partial charge in [-0.3, -0.25) is 4.79 Å². The zero-order chi connectivity index (χ0) is 13.1. The molecule has 0 unspecified atom stereocenters. The number of benzene rings is 1. The Morgan fingerprint density at radius 2 is 2.05 bits per heavy atom. The van der Waals surface area contributed by atoms with Gasteiger partial charge in [-0.25, -0.2) is 4.98 Å². The highest BCUT2D eigenvalue weighted by molar-refractivity contribution is 5.76. The van der Waals surface area contributed by atoms with Gasteiger partial charge in [-0.1, -0.05) is 12.1 Å². The van der Waals surface area contributed by atoms with Crippen molar-refractivity contribution in [1.29, 1.82) is 0 Å². The first-order valence-corrected chi connectivity index (χ1v) is 5.96. The highest BCUT2D eigenvalue weighted by atomic mass is 16.3. The molecule has 0 bridgehead atoms. The summed E-state index contributed by atoms with van der Waals surface area (Å²) >= 11 is 0. The number of nitrogens with zero attached hydrogens (tertiary/aromatic N) is 3. The third-order valence-electron chi connectivity index (χ3n) is 2.84. The lowest BCUT2D eigenvalue weighted by Gasteiger charge is -2.02. The van der Waals surface area contributed by atoms with Crippen LogP contribution in [0.2, 0.25) is 0 Å². The summed E-state index contributed by atoms with van der Waals surface area (Å²) in [6.45, 7) is 0. The van der Waals surface area contributed by atoms with Crippen molar-refractivity contribution in [2.75, 3.05) is 0 Å². The van der Waals surface area contributed by atoms with Gasteiger partial charge in [-0.05, 0) is 12.1 Å². The number of aromatic nitrogens is 3. The molecule has 94 valence electrons. The summed E-state index contributed by atoms with van der Waals surface area (Å²) in [6.07, 6.45) is 4.29. The average Bonchev–Trinajstić information content (AvgIpc) is 2.46. The van der Waals surface area contributed by atoms with E-state index >= 15 is 0 Å². The Labute approximate surface area is 108 Å². The van der Waals surface area contributed by atoms with Crippen molar-refractivity contribution in [1.82, 2.24) is 15.2 Å². The predicted octanol–water partition coefficient (Wildman–Crippen LogP) is 1.76. The molecule has 2 aromatic heterocycles. The fourth-order valence-corrected chi connectivity index (χ4v) is 1.92. The smallest absolute Gasteiger partial charge is 0.192 e. The first-order chi connectivity index (χ1) is 9.33. The van der Waals surface area contributed by atoms with E-state index in [0.717, 1.165) is 5.69 Å². The van der Waals surface area contributed by atoms with E-state index in [4.69, 9.17) is 4.42 Å². The van der Waals surface area contributed by atoms with Gasteiger partial charge in [0.1, 0.15) is 17.7 Å². The largest absolute Gasteiger partial charge is 0.461 e. The summed E-state index contributed by atoms with van der Waals surface area (Å²) in [5, 5.41) is 8.26. The van der Waals surface area contributed by atoms with Crippen molar-refractivity contribution in [3.05, 3.63) is 64.5 Å². The monoisotopic (exact) mass is 253 g/mol. The third-order valence-corrected chi connectivity index (χ3v) is 2.84. The van der Waals surface area contributed by atoms with E-state index in [1.807, 2.05) is 12.1 Å². The minimum Gasteiger partial charge on any atom is -0.461 e. The zero-order valence-corrected chi connectivity index (χ0v) is 10.1. The number of hydrogen-bond acceptors (Lipinski definition) is 5. The molecule has 0 aliphatic carbocycles. The van der Waals surface area contributed by atoms with Crippen LogP contribution in [-0.4, -0.2) is 15.2 Å². The molecule has 0 radical (unpaired) electrons. The van der Waals surface area contributed by atoms with Gasteiger partial charge in [0.05, 0.1) is 17.3 Å². The maximum Gasteiger partial charge on any atom is 0.192 e. The lowest BCUT2D eigenvalue weighted by molar-refractivity contribution is 0.532.